The van der Waals surface area contributed by atoms with Crippen molar-refractivity contribution in [3.05, 3.63) is 34.3 Å². The Hall–Kier alpha value is 0.01000. The summed E-state index contributed by atoms with van der Waals surface area (Å²) < 4.78 is 6.26. The maximum atomic E-state index is 5.11. The molecule has 0 unspecified atom stereocenters. The number of benzene rings is 1. The zero-order valence-electron chi connectivity index (χ0n) is 7.20. The van der Waals surface area contributed by atoms with Crippen molar-refractivity contribution in [1.29, 1.82) is 0 Å². The van der Waals surface area contributed by atoms with Gasteiger partial charge in [-0.15, -0.1) is 11.8 Å². The lowest BCUT2D eigenvalue weighted by Crippen LogP contribution is -2.30. The first-order chi connectivity index (χ1) is 6.34. The van der Waals surface area contributed by atoms with Gasteiger partial charge in [0, 0.05) is 10.2 Å². The van der Waals surface area contributed by atoms with Gasteiger partial charge in [-0.2, -0.15) is 0 Å². The molecular formula is C10H11BrOS. The van der Waals surface area contributed by atoms with Crippen molar-refractivity contribution in [3.63, 3.8) is 0 Å². The molecule has 3 heteroatoms. The van der Waals surface area contributed by atoms with E-state index >= 15 is 0 Å². The van der Waals surface area contributed by atoms with Gasteiger partial charge in [0.05, 0.1) is 18.5 Å². The van der Waals surface area contributed by atoms with Crippen LogP contribution in [-0.4, -0.2) is 18.5 Å². The van der Waals surface area contributed by atoms with Crippen LogP contribution in [0.15, 0.2) is 28.7 Å². The Labute approximate surface area is 91.0 Å². The van der Waals surface area contributed by atoms with E-state index in [1.165, 1.54) is 5.56 Å². The standard InChI is InChI=1S/C10H11BrOS/c11-9-3-1-8(2-4-9)7-13-10-5-12-6-10/h1-4,10H,5-7H2. The Morgan fingerprint density at radius 3 is 2.54 bits per heavy atom. The van der Waals surface area contributed by atoms with Gasteiger partial charge < -0.3 is 4.74 Å². The summed E-state index contributed by atoms with van der Waals surface area (Å²) in [6.07, 6.45) is 0. The molecule has 1 saturated heterocycles. The molecule has 0 aliphatic carbocycles. The van der Waals surface area contributed by atoms with E-state index in [2.05, 4.69) is 40.2 Å². The summed E-state index contributed by atoms with van der Waals surface area (Å²) in [6, 6.07) is 8.51. The van der Waals surface area contributed by atoms with Gasteiger partial charge in [0.2, 0.25) is 0 Å². The smallest absolute Gasteiger partial charge is 0.0608 e. The topological polar surface area (TPSA) is 9.23 Å². The van der Waals surface area contributed by atoms with E-state index < -0.39 is 0 Å². The Bertz CT molecular complexity index is 269. The molecule has 1 aromatic rings. The zero-order valence-corrected chi connectivity index (χ0v) is 9.61. The summed E-state index contributed by atoms with van der Waals surface area (Å²) in [5.74, 6) is 1.10. The maximum absolute atomic E-state index is 5.11. The molecule has 0 radical (unpaired) electrons. The van der Waals surface area contributed by atoms with Gasteiger partial charge in [-0.1, -0.05) is 28.1 Å². The second kappa shape index (κ2) is 4.49. The minimum absolute atomic E-state index is 0.726. The molecule has 1 aliphatic heterocycles. The van der Waals surface area contributed by atoms with Crippen molar-refractivity contribution >= 4 is 27.7 Å². The van der Waals surface area contributed by atoms with E-state index in [0.717, 1.165) is 28.7 Å². The van der Waals surface area contributed by atoms with E-state index in [9.17, 15) is 0 Å². The molecule has 1 heterocycles. The Morgan fingerprint density at radius 1 is 1.31 bits per heavy atom. The molecule has 1 aromatic carbocycles. The molecule has 70 valence electrons. The second-order valence-electron chi connectivity index (χ2n) is 3.10. The summed E-state index contributed by atoms with van der Waals surface area (Å²) in [6.45, 7) is 1.86. The highest BCUT2D eigenvalue weighted by Gasteiger charge is 2.18. The number of halogens is 1. The molecule has 0 atom stereocenters. The van der Waals surface area contributed by atoms with Gasteiger partial charge in [0.15, 0.2) is 0 Å². The first-order valence-electron chi connectivity index (χ1n) is 4.28. The van der Waals surface area contributed by atoms with E-state index in [0.29, 0.717) is 0 Å². The van der Waals surface area contributed by atoms with Crippen molar-refractivity contribution in [3.8, 4) is 0 Å². The number of thioether (sulfide) groups is 1. The largest absolute Gasteiger partial charge is 0.379 e. The predicted octanol–water partition coefficient (Wildman–Crippen LogP) is 3.08. The number of hydrogen-bond donors (Lipinski definition) is 0. The Morgan fingerprint density at radius 2 is 2.00 bits per heavy atom. The van der Waals surface area contributed by atoms with Crippen LogP contribution in [0.5, 0.6) is 0 Å². The van der Waals surface area contributed by atoms with Crippen molar-refractivity contribution in [2.24, 2.45) is 0 Å². The van der Waals surface area contributed by atoms with Gasteiger partial charge in [-0.25, -0.2) is 0 Å². The number of rotatable bonds is 3. The van der Waals surface area contributed by atoms with E-state index in [1.807, 2.05) is 11.8 Å². The van der Waals surface area contributed by atoms with Crippen LogP contribution >= 0.6 is 27.7 Å². The molecule has 1 aliphatic rings. The fourth-order valence-corrected chi connectivity index (χ4v) is 2.37. The molecule has 0 spiro atoms. The summed E-state index contributed by atoms with van der Waals surface area (Å²) in [5, 5.41) is 0.726. The zero-order chi connectivity index (χ0) is 9.10. The monoisotopic (exact) mass is 258 g/mol. The minimum atomic E-state index is 0.726. The lowest BCUT2D eigenvalue weighted by molar-refractivity contribution is 0.0455. The van der Waals surface area contributed by atoms with E-state index in [4.69, 9.17) is 4.74 Å². The maximum Gasteiger partial charge on any atom is 0.0608 e. The molecule has 1 fully saturated rings. The van der Waals surface area contributed by atoms with Crippen molar-refractivity contribution < 1.29 is 4.74 Å². The fraction of sp³-hybridized carbons (Fsp3) is 0.400. The first-order valence-corrected chi connectivity index (χ1v) is 6.12. The molecule has 13 heavy (non-hydrogen) atoms. The molecule has 0 amide bonds. The third-order valence-corrected chi connectivity index (χ3v) is 3.78. The normalized spacial score (nSPS) is 17.0. The van der Waals surface area contributed by atoms with Crippen LogP contribution in [-0.2, 0) is 10.5 Å². The second-order valence-corrected chi connectivity index (χ2v) is 5.30. The van der Waals surface area contributed by atoms with Crippen molar-refractivity contribution in [2.45, 2.75) is 11.0 Å². The Kier molecular flexibility index (Phi) is 3.30. The van der Waals surface area contributed by atoms with Gasteiger partial charge in [0.1, 0.15) is 0 Å². The first kappa shape index (κ1) is 9.56. The predicted molar refractivity (Wildman–Crippen MR) is 60.0 cm³/mol. The van der Waals surface area contributed by atoms with Gasteiger partial charge in [0.25, 0.3) is 0 Å². The lowest BCUT2D eigenvalue weighted by atomic mass is 10.2. The van der Waals surface area contributed by atoms with Crippen LogP contribution in [0.2, 0.25) is 0 Å². The average molecular weight is 259 g/mol. The Balaban J connectivity index is 1.83. The lowest BCUT2D eigenvalue weighted by Gasteiger charge is -2.25. The molecule has 0 aromatic heterocycles. The molecule has 0 N–H and O–H groups in total. The van der Waals surface area contributed by atoms with Crippen LogP contribution < -0.4 is 0 Å². The molecule has 2 rings (SSSR count). The van der Waals surface area contributed by atoms with Crippen LogP contribution in [0, 0.1) is 0 Å². The van der Waals surface area contributed by atoms with Crippen LogP contribution in [0.1, 0.15) is 5.56 Å². The van der Waals surface area contributed by atoms with Crippen LogP contribution in [0.4, 0.5) is 0 Å². The summed E-state index contributed by atoms with van der Waals surface area (Å²) >= 11 is 5.41. The average Bonchev–Trinajstić information content (AvgIpc) is 2.05. The minimum Gasteiger partial charge on any atom is -0.379 e. The molecule has 0 saturated carbocycles. The van der Waals surface area contributed by atoms with Gasteiger partial charge in [-0.3, -0.25) is 0 Å². The van der Waals surface area contributed by atoms with Crippen LogP contribution in [0.3, 0.4) is 0 Å². The molecular weight excluding hydrogens is 248 g/mol. The highest BCUT2D eigenvalue weighted by Crippen LogP contribution is 2.23. The highest BCUT2D eigenvalue weighted by atomic mass is 79.9. The highest BCUT2D eigenvalue weighted by molar-refractivity contribution is 9.10. The summed E-state index contributed by atoms with van der Waals surface area (Å²) in [4.78, 5) is 0. The van der Waals surface area contributed by atoms with Gasteiger partial charge >= 0.3 is 0 Å². The van der Waals surface area contributed by atoms with Crippen molar-refractivity contribution in [1.82, 2.24) is 0 Å². The quantitative estimate of drug-likeness (QED) is 0.825. The fourth-order valence-electron chi connectivity index (χ4n) is 1.11. The molecule has 0 bridgehead atoms. The van der Waals surface area contributed by atoms with Crippen molar-refractivity contribution in [2.75, 3.05) is 13.2 Å². The van der Waals surface area contributed by atoms with E-state index in [1.54, 1.807) is 0 Å². The summed E-state index contributed by atoms with van der Waals surface area (Å²) in [7, 11) is 0. The van der Waals surface area contributed by atoms with Crippen LogP contribution in [0.25, 0.3) is 0 Å². The van der Waals surface area contributed by atoms with E-state index in [-0.39, 0.29) is 0 Å². The third kappa shape index (κ3) is 2.73. The number of ether oxygens (including phenoxy) is 1. The SMILES string of the molecule is Brc1ccc(CSC2COC2)cc1. The summed E-state index contributed by atoms with van der Waals surface area (Å²) in [5.41, 5.74) is 1.39. The number of hydrogen-bond acceptors (Lipinski definition) is 2. The third-order valence-electron chi connectivity index (χ3n) is 2.01. The van der Waals surface area contributed by atoms with Gasteiger partial charge in [-0.05, 0) is 17.7 Å². The molecule has 1 nitrogen and oxygen atoms in total.